The van der Waals surface area contributed by atoms with Gasteiger partial charge in [-0.25, -0.2) is 4.79 Å². The molecular weight excluding hydrogens is 168 g/mol. The average molecular weight is 176 g/mol. The Bertz CT molecular complexity index is 380. The lowest BCUT2D eigenvalue weighted by Crippen LogP contribution is -2.00. The van der Waals surface area contributed by atoms with E-state index in [1.165, 1.54) is 13.4 Å². The van der Waals surface area contributed by atoms with Crippen molar-refractivity contribution in [2.24, 2.45) is 0 Å². The van der Waals surface area contributed by atoms with E-state index in [4.69, 9.17) is 9.47 Å². The van der Waals surface area contributed by atoms with E-state index < -0.39 is 0 Å². The van der Waals surface area contributed by atoms with E-state index in [0.717, 1.165) is 5.56 Å². The van der Waals surface area contributed by atoms with Gasteiger partial charge in [0.15, 0.2) is 0 Å². The lowest BCUT2D eigenvalue weighted by atomic mass is 10.1. The molecule has 0 bridgehead atoms. The zero-order valence-electron chi connectivity index (χ0n) is 7.11. The van der Waals surface area contributed by atoms with Crippen molar-refractivity contribution in [3.05, 3.63) is 36.1 Å². The van der Waals surface area contributed by atoms with E-state index in [2.05, 4.69) is 0 Å². The number of carbonyl (C=O) groups excluding carboxylic acids is 1. The summed E-state index contributed by atoms with van der Waals surface area (Å²) in [4.78, 5) is 11.3. The van der Waals surface area contributed by atoms with Gasteiger partial charge in [-0.05, 0) is 6.07 Å². The smallest absolute Gasteiger partial charge is 0.347 e. The van der Waals surface area contributed by atoms with E-state index in [-0.39, 0.29) is 5.97 Å². The molecule has 0 atom stereocenters. The molecule has 3 heteroatoms. The van der Waals surface area contributed by atoms with Crippen LogP contribution in [0, 0.1) is 0 Å². The molecule has 13 heavy (non-hydrogen) atoms. The zero-order chi connectivity index (χ0) is 9.26. The molecule has 1 aliphatic heterocycles. The summed E-state index contributed by atoms with van der Waals surface area (Å²) in [7, 11) is 1.50. The van der Waals surface area contributed by atoms with E-state index in [0.29, 0.717) is 11.3 Å². The Morgan fingerprint density at radius 1 is 1.38 bits per heavy atom. The van der Waals surface area contributed by atoms with Gasteiger partial charge in [0.1, 0.15) is 11.3 Å². The zero-order valence-corrected chi connectivity index (χ0v) is 7.11. The molecule has 0 fully saturated rings. The topological polar surface area (TPSA) is 35.5 Å². The van der Waals surface area contributed by atoms with Crippen molar-refractivity contribution in [1.29, 1.82) is 0 Å². The van der Waals surface area contributed by atoms with Crippen molar-refractivity contribution in [2.45, 2.75) is 0 Å². The van der Waals surface area contributed by atoms with Crippen LogP contribution in [-0.4, -0.2) is 13.1 Å². The minimum absolute atomic E-state index is 0.358. The first-order chi connectivity index (χ1) is 6.33. The molecule has 66 valence electrons. The van der Waals surface area contributed by atoms with Gasteiger partial charge in [-0.2, -0.15) is 0 Å². The molecule has 0 spiro atoms. The summed E-state index contributed by atoms with van der Waals surface area (Å²) >= 11 is 0. The monoisotopic (exact) mass is 176 g/mol. The summed E-state index contributed by atoms with van der Waals surface area (Å²) in [5, 5.41) is 0. The van der Waals surface area contributed by atoms with Gasteiger partial charge in [-0.15, -0.1) is 0 Å². The molecule has 0 N–H and O–H groups in total. The standard InChI is InChI=1S/C10H8O3/c1-12-6-8-7-4-2-3-5-9(7)13-10(8)11/h2-6H,1H3/b8-6-. The minimum Gasteiger partial charge on any atom is -0.503 e. The van der Waals surface area contributed by atoms with Gasteiger partial charge in [-0.3, -0.25) is 0 Å². The second-order valence-corrected chi connectivity index (χ2v) is 2.65. The van der Waals surface area contributed by atoms with Crippen LogP contribution in [0.4, 0.5) is 0 Å². The number of carbonyl (C=O) groups is 1. The van der Waals surface area contributed by atoms with Gasteiger partial charge in [-0.1, -0.05) is 18.2 Å². The van der Waals surface area contributed by atoms with Crippen LogP contribution >= 0.6 is 0 Å². The summed E-state index contributed by atoms with van der Waals surface area (Å²) in [5.74, 6) is 0.235. The SMILES string of the molecule is CO/C=C1\C(=O)Oc2ccccc21. The Morgan fingerprint density at radius 2 is 2.15 bits per heavy atom. The molecule has 0 radical (unpaired) electrons. The van der Waals surface area contributed by atoms with Crippen molar-refractivity contribution in [3.63, 3.8) is 0 Å². The maximum atomic E-state index is 11.3. The number of benzene rings is 1. The van der Waals surface area contributed by atoms with Gasteiger partial charge < -0.3 is 9.47 Å². The second-order valence-electron chi connectivity index (χ2n) is 2.65. The predicted molar refractivity (Wildman–Crippen MR) is 47.1 cm³/mol. The Morgan fingerprint density at radius 3 is 2.92 bits per heavy atom. The fourth-order valence-electron chi connectivity index (χ4n) is 1.27. The normalized spacial score (nSPS) is 17.0. The number of para-hydroxylation sites is 1. The largest absolute Gasteiger partial charge is 0.503 e. The number of rotatable bonds is 1. The van der Waals surface area contributed by atoms with Crippen molar-refractivity contribution in [2.75, 3.05) is 7.11 Å². The first-order valence-corrected chi connectivity index (χ1v) is 3.87. The van der Waals surface area contributed by atoms with Crippen molar-refractivity contribution in [3.8, 4) is 5.75 Å². The third-order valence-electron chi connectivity index (χ3n) is 1.84. The molecule has 0 unspecified atom stereocenters. The molecule has 0 amide bonds. The van der Waals surface area contributed by atoms with Crippen molar-refractivity contribution in [1.82, 2.24) is 0 Å². The van der Waals surface area contributed by atoms with Crippen LogP contribution in [0.15, 0.2) is 30.5 Å². The fourth-order valence-corrected chi connectivity index (χ4v) is 1.27. The maximum Gasteiger partial charge on any atom is 0.347 e. The highest BCUT2D eigenvalue weighted by Gasteiger charge is 2.26. The van der Waals surface area contributed by atoms with Gasteiger partial charge in [0.05, 0.1) is 13.4 Å². The first-order valence-electron chi connectivity index (χ1n) is 3.87. The second kappa shape index (κ2) is 2.94. The highest BCUT2D eigenvalue weighted by molar-refractivity contribution is 6.21. The third-order valence-corrected chi connectivity index (χ3v) is 1.84. The van der Waals surface area contributed by atoms with Gasteiger partial charge >= 0.3 is 5.97 Å². The molecule has 0 saturated carbocycles. The van der Waals surface area contributed by atoms with Crippen LogP contribution in [0.2, 0.25) is 0 Å². The quantitative estimate of drug-likeness (QED) is 0.282. The molecule has 0 aromatic heterocycles. The predicted octanol–water partition coefficient (Wildman–Crippen LogP) is 1.59. The number of fused-ring (bicyclic) bond motifs is 1. The van der Waals surface area contributed by atoms with Crippen molar-refractivity contribution >= 4 is 11.5 Å². The summed E-state index contributed by atoms with van der Waals surface area (Å²) in [6.45, 7) is 0. The fraction of sp³-hybridized carbons (Fsp3) is 0.100. The van der Waals surface area contributed by atoms with Crippen LogP contribution < -0.4 is 4.74 Å². The molecule has 3 nitrogen and oxygen atoms in total. The van der Waals surface area contributed by atoms with Crippen LogP contribution in [0.5, 0.6) is 5.75 Å². The van der Waals surface area contributed by atoms with E-state index in [1.54, 1.807) is 6.07 Å². The van der Waals surface area contributed by atoms with Crippen molar-refractivity contribution < 1.29 is 14.3 Å². The Kier molecular flexibility index (Phi) is 1.77. The van der Waals surface area contributed by atoms with E-state index in [1.807, 2.05) is 18.2 Å². The molecule has 1 aliphatic rings. The number of hydrogen-bond donors (Lipinski definition) is 0. The molecule has 1 aromatic rings. The summed E-state index contributed by atoms with van der Waals surface area (Å²) in [6, 6.07) is 7.25. The molecule has 0 saturated heterocycles. The molecular formula is C10H8O3. The minimum atomic E-state index is -0.358. The lowest BCUT2D eigenvalue weighted by molar-refractivity contribution is -0.127. The average Bonchev–Trinajstić information content (AvgIpc) is 2.44. The Hall–Kier alpha value is -1.77. The van der Waals surface area contributed by atoms with Gasteiger partial charge in [0.2, 0.25) is 0 Å². The summed E-state index contributed by atoms with van der Waals surface area (Å²) < 4.78 is 9.77. The molecule has 1 aromatic carbocycles. The first kappa shape index (κ1) is 7.86. The number of methoxy groups -OCH3 is 1. The molecule has 1 heterocycles. The van der Waals surface area contributed by atoms with Gasteiger partial charge in [0.25, 0.3) is 0 Å². The number of hydrogen-bond acceptors (Lipinski definition) is 3. The van der Waals surface area contributed by atoms with Crippen LogP contribution in [-0.2, 0) is 9.53 Å². The Balaban J connectivity index is 2.53. The maximum absolute atomic E-state index is 11.3. The summed E-state index contributed by atoms with van der Waals surface area (Å²) in [5.41, 5.74) is 1.26. The van der Waals surface area contributed by atoms with E-state index >= 15 is 0 Å². The number of esters is 1. The van der Waals surface area contributed by atoms with Crippen LogP contribution in [0.1, 0.15) is 5.56 Å². The lowest BCUT2D eigenvalue weighted by Gasteiger charge is -1.93. The molecule has 0 aliphatic carbocycles. The van der Waals surface area contributed by atoms with Gasteiger partial charge in [0, 0.05) is 5.56 Å². The summed E-state index contributed by atoms with van der Waals surface area (Å²) in [6.07, 6.45) is 1.40. The third kappa shape index (κ3) is 1.18. The van der Waals surface area contributed by atoms with E-state index in [9.17, 15) is 4.79 Å². The highest BCUT2D eigenvalue weighted by atomic mass is 16.5. The van der Waals surface area contributed by atoms with Crippen LogP contribution in [0.3, 0.4) is 0 Å². The van der Waals surface area contributed by atoms with Crippen LogP contribution in [0.25, 0.3) is 5.57 Å². The number of ether oxygens (including phenoxy) is 2. The molecule has 2 rings (SSSR count). The highest BCUT2D eigenvalue weighted by Crippen LogP contribution is 2.33. The Labute approximate surface area is 75.6 Å².